The molecule has 1 aromatic rings. The summed E-state index contributed by atoms with van der Waals surface area (Å²) in [5.41, 5.74) is 0. The smallest absolute Gasteiger partial charge is 0.166 e. The molecule has 0 bridgehead atoms. The van der Waals surface area contributed by atoms with Gasteiger partial charge in [0.15, 0.2) is 11.6 Å². The number of nitrogens with zero attached hydrogens (tertiary/aromatic N) is 1. The highest BCUT2D eigenvalue weighted by molar-refractivity contribution is 9.10. The van der Waals surface area contributed by atoms with Crippen LogP contribution in [0.3, 0.4) is 0 Å². The van der Waals surface area contributed by atoms with E-state index >= 15 is 0 Å². The van der Waals surface area contributed by atoms with Gasteiger partial charge < -0.3 is 5.32 Å². The van der Waals surface area contributed by atoms with E-state index in [0.717, 1.165) is 6.42 Å². The number of pyridine rings is 1. The molecule has 0 saturated heterocycles. The molecule has 0 aliphatic heterocycles. The van der Waals surface area contributed by atoms with Crippen molar-refractivity contribution in [2.45, 2.75) is 6.42 Å². The molecule has 0 amide bonds. The molecular formula is C8H9BrClFN2. The van der Waals surface area contributed by atoms with Crippen molar-refractivity contribution < 1.29 is 4.39 Å². The Hall–Kier alpha value is -0.350. The van der Waals surface area contributed by atoms with Gasteiger partial charge in [-0.2, -0.15) is 0 Å². The van der Waals surface area contributed by atoms with Gasteiger partial charge in [0.05, 0.1) is 0 Å². The fraction of sp³-hybridized carbons (Fsp3) is 0.375. The third-order valence-electron chi connectivity index (χ3n) is 1.41. The van der Waals surface area contributed by atoms with Crippen LogP contribution in [0.25, 0.3) is 0 Å². The molecule has 0 aromatic carbocycles. The number of alkyl halides is 1. The van der Waals surface area contributed by atoms with Gasteiger partial charge >= 0.3 is 0 Å². The average molecular weight is 268 g/mol. The molecule has 0 spiro atoms. The van der Waals surface area contributed by atoms with Crippen molar-refractivity contribution in [2.24, 2.45) is 0 Å². The standard InChI is InChI=1S/C8H9BrClFN2/c9-6-4-7(11)8(13-5-6)12-3-1-2-10/h4-5H,1-3H2,(H,12,13). The largest absolute Gasteiger partial charge is 0.368 e. The molecular weight excluding hydrogens is 258 g/mol. The van der Waals surface area contributed by atoms with Crippen LogP contribution in [0.2, 0.25) is 0 Å². The normalized spacial score (nSPS) is 10.1. The van der Waals surface area contributed by atoms with E-state index in [-0.39, 0.29) is 11.6 Å². The van der Waals surface area contributed by atoms with Gasteiger partial charge in [0.1, 0.15) is 0 Å². The Bertz CT molecular complexity index is 283. The van der Waals surface area contributed by atoms with E-state index in [4.69, 9.17) is 11.6 Å². The minimum absolute atomic E-state index is 0.272. The van der Waals surface area contributed by atoms with Gasteiger partial charge in [-0.1, -0.05) is 0 Å². The summed E-state index contributed by atoms with van der Waals surface area (Å²) in [6, 6.07) is 1.37. The summed E-state index contributed by atoms with van der Waals surface area (Å²) in [6.07, 6.45) is 2.34. The van der Waals surface area contributed by atoms with Crippen molar-refractivity contribution in [3.8, 4) is 0 Å². The Morgan fingerprint density at radius 1 is 1.62 bits per heavy atom. The lowest BCUT2D eigenvalue weighted by atomic mass is 10.4. The summed E-state index contributed by atoms with van der Waals surface area (Å²) in [7, 11) is 0. The van der Waals surface area contributed by atoms with E-state index < -0.39 is 0 Å². The quantitative estimate of drug-likeness (QED) is 0.670. The molecule has 0 radical (unpaired) electrons. The third kappa shape index (κ3) is 3.48. The summed E-state index contributed by atoms with van der Waals surface area (Å²) in [4.78, 5) is 3.87. The lowest BCUT2D eigenvalue weighted by Gasteiger charge is -2.04. The summed E-state index contributed by atoms with van der Waals surface area (Å²) >= 11 is 8.60. The van der Waals surface area contributed by atoms with Crippen LogP contribution in [0.4, 0.5) is 10.2 Å². The predicted octanol–water partition coefficient (Wildman–Crippen LogP) is 3.02. The van der Waals surface area contributed by atoms with Crippen molar-refractivity contribution in [1.29, 1.82) is 0 Å². The minimum Gasteiger partial charge on any atom is -0.368 e. The van der Waals surface area contributed by atoms with Crippen molar-refractivity contribution in [3.05, 3.63) is 22.6 Å². The Morgan fingerprint density at radius 2 is 2.38 bits per heavy atom. The number of rotatable bonds is 4. The molecule has 0 aliphatic rings. The van der Waals surface area contributed by atoms with Gasteiger partial charge in [-0.15, -0.1) is 11.6 Å². The molecule has 1 aromatic heterocycles. The van der Waals surface area contributed by atoms with Gasteiger partial charge in [0.25, 0.3) is 0 Å². The maximum absolute atomic E-state index is 13.1. The molecule has 0 fully saturated rings. The first kappa shape index (κ1) is 10.7. The van der Waals surface area contributed by atoms with Gasteiger partial charge in [0.2, 0.25) is 0 Å². The minimum atomic E-state index is -0.357. The van der Waals surface area contributed by atoms with Gasteiger partial charge in [-0.25, -0.2) is 9.37 Å². The number of hydrogen-bond acceptors (Lipinski definition) is 2. The van der Waals surface area contributed by atoms with Crippen LogP contribution in [0, 0.1) is 5.82 Å². The lowest BCUT2D eigenvalue weighted by molar-refractivity contribution is 0.623. The molecule has 0 saturated carbocycles. The average Bonchev–Trinajstić information content (AvgIpc) is 2.09. The first-order chi connectivity index (χ1) is 6.24. The fourth-order valence-electron chi connectivity index (χ4n) is 0.818. The second kappa shape index (κ2) is 5.40. The van der Waals surface area contributed by atoms with Gasteiger partial charge in [0, 0.05) is 23.1 Å². The van der Waals surface area contributed by atoms with Crippen LogP contribution in [-0.4, -0.2) is 17.4 Å². The second-order valence-corrected chi connectivity index (χ2v) is 3.75. The second-order valence-electron chi connectivity index (χ2n) is 2.45. The predicted molar refractivity (Wildman–Crippen MR) is 55.7 cm³/mol. The van der Waals surface area contributed by atoms with Gasteiger partial charge in [-0.3, -0.25) is 0 Å². The third-order valence-corrected chi connectivity index (χ3v) is 2.11. The molecule has 2 nitrogen and oxygen atoms in total. The van der Waals surface area contributed by atoms with Crippen molar-refractivity contribution in [2.75, 3.05) is 17.7 Å². The molecule has 5 heteroatoms. The fourth-order valence-corrected chi connectivity index (χ4v) is 1.26. The van der Waals surface area contributed by atoms with Crippen molar-refractivity contribution in [3.63, 3.8) is 0 Å². The summed E-state index contributed by atoms with van der Waals surface area (Å²) in [5.74, 6) is 0.475. The zero-order valence-electron chi connectivity index (χ0n) is 6.86. The Balaban J connectivity index is 2.56. The SMILES string of the molecule is Fc1cc(Br)cnc1NCCCCl. The number of nitrogens with one attached hydrogen (secondary N) is 1. The lowest BCUT2D eigenvalue weighted by Crippen LogP contribution is -2.05. The topological polar surface area (TPSA) is 24.9 Å². The summed E-state index contributed by atoms with van der Waals surface area (Å²) < 4.78 is 13.7. The zero-order chi connectivity index (χ0) is 9.68. The first-order valence-electron chi connectivity index (χ1n) is 3.85. The van der Waals surface area contributed by atoms with E-state index in [1.807, 2.05) is 0 Å². The van der Waals surface area contributed by atoms with Crippen LogP contribution in [0.5, 0.6) is 0 Å². The molecule has 1 rings (SSSR count). The molecule has 1 heterocycles. The van der Waals surface area contributed by atoms with Crippen LogP contribution >= 0.6 is 27.5 Å². The van der Waals surface area contributed by atoms with E-state index in [2.05, 4.69) is 26.2 Å². The zero-order valence-corrected chi connectivity index (χ0v) is 9.20. The summed E-state index contributed by atoms with van der Waals surface area (Å²) in [6.45, 7) is 0.634. The maximum Gasteiger partial charge on any atom is 0.166 e. The molecule has 0 atom stereocenters. The van der Waals surface area contributed by atoms with Crippen LogP contribution in [0.1, 0.15) is 6.42 Å². The highest BCUT2D eigenvalue weighted by Gasteiger charge is 2.02. The maximum atomic E-state index is 13.1. The number of halogens is 3. The number of anilines is 1. The number of hydrogen-bond donors (Lipinski definition) is 1. The molecule has 0 aliphatic carbocycles. The van der Waals surface area contributed by atoms with E-state index in [1.165, 1.54) is 6.07 Å². The van der Waals surface area contributed by atoms with E-state index in [1.54, 1.807) is 6.20 Å². The number of aromatic nitrogens is 1. The molecule has 13 heavy (non-hydrogen) atoms. The van der Waals surface area contributed by atoms with Gasteiger partial charge in [-0.05, 0) is 28.4 Å². The highest BCUT2D eigenvalue weighted by atomic mass is 79.9. The van der Waals surface area contributed by atoms with Crippen molar-refractivity contribution in [1.82, 2.24) is 4.98 Å². The van der Waals surface area contributed by atoms with Crippen LogP contribution < -0.4 is 5.32 Å². The molecule has 72 valence electrons. The highest BCUT2D eigenvalue weighted by Crippen LogP contribution is 2.15. The van der Waals surface area contributed by atoms with E-state index in [9.17, 15) is 4.39 Å². The first-order valence-corrected chi connectivity index (χ1v) is 5.17. The Morgan fingerprint density at radius 3 is 3.00 bits per heavy atom. The Labute approximate surface area is 89.6 Å². The van der Waals surface area contributed by atoms with Crippen molar-refractivity contribution >= 4 is 33.3 Å². The monoisotopic (exact) mass is 266 g/mol. The summed E-state index contributed by atoms with van der Waals surface area (Å²) in [5, 5.41) is 2.85. The van der Waals surface area contributed by atoms with Crippen LogP contribution in [-0.2, 0) is 0 Å². The van der Waals surface area contributed by atoms with E-state index in [0.29, 0.717) is 16.9 Å². The Kier molecular flexibility index (Phi) is 4.45. The molecule has 1 N–H and O–H groups in total. The van der Waals surface area contributed by atoms with Crippen LogP contribution in [0.15, 0.2) is 16.7 Å². The molecule has 0 unspecified atom stereocenters.